The molecule has 12 heteroatoms. The van der Waals surface area contributed by atoms with E-state index in [0.29, 0.717) is 24.7 Å². The number of amides is 1. The molecule has 0 radical (unpaired) electrons. The Morgan fingerprint density at radius 2 is 1.58 bits per heavy atom. The highest BCUT2D eigenvalue weighted by atomic mass is 32.2. The Labute approximate surface area is 297 Å². The number of hydrogen-bond donors (Lipinski definition) is 3. The minimum Gasteiger partial charge on any atom is -0.479 e. The van der Waals surface area contributed by atoms with Gasteiger partial charge in [0.15, 0.2) is 6.61 Å². The van der Waals surface area contributed by atoms with Crippen molar-refractivity contribution >= 4 is 33.9 Å². The van der Waals surface area contributed by atoms with Gasteiger partial charge in [0.05, 0.1) is 17.6 Å². The van der Waals surface area contributed by atoms with Crippen molar-refractivity contribution in [1.82, 2.24) is 5.32 Å². The van der Waals surface area contributed by atoms with Gasteiger partial charge in [0.2, 0.25) is 5.91 Å². The number of hydrogen-bond acceptors (Lipinski definition) is 8. The average molecular weight is 722 g/mol. The van der Waals surface area contributed by atoms with Crippen molar-refractivity contribution in [3.05, 3.63) is 11.6 Å². The van der Waals surface area contributed by atoms with Gasteiger partial charge in [-0.1, -0.05) is 60.1 Å². The summed E-state index contributed by atoms with van der Waals surface area (Å²) >= 11 is 0. The Balaban J connectivity index is 1.33. The van der Waals surface area contributed by atoms with Gasteiger partial charge >= 0.3 is 17.9 Å². The molecule has 0 saturated heterocycles. The van der Waals surface area contributed by atoms with Crippen LogP contribution in [0.1, 0.15) is 126 Å². The number of rotatable bonds is 10. The van der Waals surface area contributed by atoms with Gasteiger partial charge in [-0.2, -0.15) is 8.42 Å². The molecule has 0 heterocycles. The predicted octanol–water partition coefficient (Wildman–Crippen LogP) is 6.11. The highest BCUT2D eigenvalue weighted by Gasteiger charge is 2.69. The molecule has 4 fully saturated rings. The number of esters is 2. The molecule has 5 aliphatic rings. The van der Waals surface area contributed by atoms with Crippen molar-refractivity contribution in [2.75, 3.05) is 18.9 Å². The highest BCUT2D eigenvalue weighted by molar-refractivity contribution is 7.85. The van der Waals surface area contributed by atoms with Crippen LogP contribution >= 0.6 is 0 Å². The Bertz CT molecular complexity index is 1530. The summed E-state index contributed by atoms with van der Waals surface area (Å²) in [7, 11) is -4.18. The van der Waals surface area contributed by atoms with Crippen molar-refractivity contribution in [1.29, 1.82) is 0 Å². The summed E-state index contributed by atoms with van der Waals surface area (Å²) in [4.78, 5) is 50.2. The molecule has 0 aromatic rings. The molecular weight excluding hydrogens is 662 g/mol. The number of carbonyl (C=O) groups is 4. The second kappa shape index (κ2) is 13.2. The van der Waals surface area contributed by atoms with Crippen molar-refractivity contribution in [3.8, 4) is 0 Å². The number of fused-ring (bicyclic) bond motifs is 7. The predicted molar refractivity (Wildman–Crippen MR) is 186 cm³/mol. The second-order valence-electron chi connectivity index (χ2n) is 18.3. The van der Waals surface area contributed by atoms with E-state index in [2.05, 4.69) is 59.9 Å². The first-order valence-electron chi connectivity index (χ1n) is 18.5. The number of ether oxygens (including phenoxy) is 2. The van der Waals surface area contributed by atoms with E-state index < -0.39 is 45.7 Å². The number of carboxylic acid groups (broad SMARTS) is 1. The third-order valence-corrected chi connectivity index (χ3v) is 15.5. The van der Waals surface area contributed by atoms with Gasteiger partial charge in [0, 0.05) is 18.4 Å². The Hall–Kier alpha value is -2.47. The summed E-state index contributed by atoms with van der Waals surface area (Å²) in [5.74, 6) is -2.26. The maximum atomic E-state index is 13.8. The maximum Gasteiger partial charge on any atom is 0.341 e. The SMILES string of the molecule is CC1(C)CC[C@]2(C(=O)OCC(=O)O)CC[C@]3(C)C(=CC[C@@H]4[C@@]5(C)CC[C@H](OC(=O)CCC(=O)NCCS(=O)(=O)O)C(C)(C)[C@@H]5CC[C@]43C)[C@@H]2C1. The standard InChI is InChI=1S/C38H59NO10S/c1-33(2)16-18-38(32(44)48-23-30(41)42)19-17-36(6)24(25(38)22-33)8-9-27-35(5)14-13-28(34(3,4)26(35)12-15-37(27,36)7)49-31(43)11-10-29(40)39-20-21-50(45,46)47/h8,25-28H,9-23H2,1-7H3,(H,39,40)(H,41,42)(H,45,46,47)/t25-,26-,27+,28-,35-,36+,37+,38-/m0/s1. The number of allylic oxidation sites excluding steroid dienone is 2. The van der Waals surface area contributed by atoms with Crippen LogP contribution in [0, 0.1) is 50.2 Å². The van der Waals surface area contributed by atoms with Crippen LogP contribution in [0.4, 0.5) is 0 Å². The molecule has 4 saturated carbocycles. The van der Waals surface area contributed by atoms with Gasteiger partial charge in [-0.05, 0) is 104 Å². The lowest BCUT2D eigenvalue weighted by Crippen LogP contribution is -2.65. The zero-order valence-electron chi connectivity index (χ0n) is 31.1. The van der Waals surface area contributed by atoms with Crippen LogP contribution in [0.2, 0.25) is 0 Å². The Morgan fingerprint density at radius 3 is 2.24 bits per heavy atom. The van der Waals surface area contributed by atoms with E-state index in [1.165, 1.54) is 5.57 Å². The minimum atomic E-state index is -4.18. The van der Waals surface area contributed by atoms with Gasteiger partial charge in [0.25, 0.3) is 10.1 Å². The number of carbonyl (C=O) groups excluding carboxylic acids is 3. The summed E-state index contributed by atoms with van der Waals surface area (Å²) < 4.78 is 42.2. The summed E-state index contributed by atoms with van der Waals surface area (Å²) in [6.45, 7) is 15.5. The van der Waals surface area contributed by atoms with Crippen molar-refractivity contribution < 1.29 is 46.7 Å². The third-order valence-electron chi connectivity index (χ3n) is 14.8. The number of carboxylic acids is 1. The summed E-state index contributed by atoms with van der Waals surface area (Å²) in [5.41, 5.74) is 0.332. The average Bonchev–Trinajstić information content (AvgIpc) is 2.99. The van der Waals surface area contributed by atoms with Crippen LogP contribution in [0.15, 0.2) is 11.6 Å². The molecule has 0 aromatic carbocycles. The van der Waals surface area contributed by atoms with E-state index in [0.717, 1.165) is 51.4 Å². The summed E-state index contributed by atoms with van der Waals surface area (Å²) in [6.07, 6.45) is 10.6. The molecule has 50 heavy (non-hydrogen) atoms. The van der Waals surface area contributed by atoms with Crippen LogP contribution < -0.4 is 5.32 Å². The fourth-order valence-electron chi connectivity index (χ4n) is 11.9. The fourth-order valence-corrected chi connectivity index (χ4v) is 12.3. The second-order valence-corrected chi connectivity index (χ2v) is 19.9. The topological polar surface area (TPSA) is 173 Å². The molecule has 0 aromatic heterocycles. The lowest BCUT2D eigenvalue weighted by Gasteiger charge is -2.71. The molecule has 3 N–H and O–H groups in total. The van der Waals surface area contributed by atoms with Gasteiger partial charge in [-0.25, -0.2) is 4.79 Å². The van der Waals surface area contributed by atoms with Crippen LogP contribution in [-0.4, -0.2) is 66.9 Å². The van der Waals surface area contributed by atoms with E-state index in [9.17, 15) is 32.7 Å². The van der Waals surface area contributed by atoms with Crippen LogP contribution in [0.25, 0.3) is 0 Å². The van der Waals surface area contributed by atoms with Crippen molar-refractivity contribution in [2.24, 2.45) is 50.2 Å². The Kier molecular flexibility index (Phi) is 10.2. The molecule has 8 atom stereocenters. The molecule has 11 nitrogen and oxygen atoms in total. The van der Waals surface area contributed by atoms with Crippen molar-refractivity contribution in [3.63, 3.8) is 0 Å². The molecule has 0 unspecified atom stereocenters. The van der Waals surface area contributed by atoms with E-state index in [-0.39, 0.29) is 64.5 Å². The van der Waals surface area contributed by atoms with E-state index in [1.807, 2.05) is 0 Å². The molecule has 5 aliphatic carbocycles. The maximum absolute atomic E-state index is 13.8. The highest BCUT2D eigenvalue weighted by Crippen LogP contribution is 2.76. The van der Waals surface area contributed by atoms with E-state index in [4.69, 9.17) is 14.0 Å². The number of nitrogens with one attached hydrogen (secondary N) is 1. The van der Waals surface area contributed by atoms with Crippen molar-refractivity contribution in [2.45, 2.75) is 132 Å². The minimum absolute atomic E-state index is 0.00182. The van der Waals surface area contributed by atoms with E-state index in [1.54, 1.807) is 0 Å². The van der Waals surface area contributed by atoms with E-state index >= 15 is 0 Å². The lowest BCUT2D eigenvalue weighted by molar-refractivity contribution is -0.214. The Morgan fingerprint density at radius 1 is 0.900 bits per heavy atom. The van der Waals surface area contributed by atoms with Crippen LogP contribution in [0.5, 0.6) is 0 Å². The number of aliphatic carboxylic acids is 1. The first kappa shape index (κ1) is 38.8. The zero-order valence-corrected chi connectivity index (χ0v) is 31.9. The lowest BCUT2D eigenvalue weighted by atomic mass is 9.33. The molecule has 0 aliphatic heterocycles. The third kappa shape index (κ3) is 6.76. The quantitative estimate of drug-likeness (QED) is 0.136. The fraction of sp³-hybridized carbons (Fsp3) is 0.842. The zero-order chi connectivity index (χ0) is 37.1. The first-order valence-corrected chi connectivity index (χ1v) is 20.1. The normalized spacial score (nSPS) is 38.5. The largest absolute Gasteiger partial charge is 0.479 e. The molecule has 282 valence electrons. The summed E-state index contributed by atoms with van der Waals surface area (Å²) in [6, 6.07) is 0. The molecule has 1 amide bonds. The monoisotopic (exact) mass is 721 g/mol. The van der Waals surface area contributed by atoms with Gasteiger partial charge in [-0.3, -0.25) is 18.9 Å². The first-order chi connectivity index (χ1) is 23.0. The van der Waals surface area contributed by atoms with Gasteiger partial charge in [-0.15, -0.1) is 0 Å². The summed E-state index contributed by atoms with van der Waals surface area (Å²) in [5, 5.41) is 11.7. The molecular formula is C38H59NO10S. The van der Waals surface area contributed by atoms with Crippen LogP contribution in [0.3, 0.4) is 0 Å². The van der Waals surface area contributed by atoms with Gasteiger partial charge < -0.3 is 19.9 Å². The molecule has 0 bridgehead atoms. The molecule has 0 spiro atoms. The van der Waals surface area contributed by atoms with Crippen LogP contribution in [-0.2, 0) is 38.8 Å². The van der Waals surface area contributed by atoms with Gasteiger partial charge in [0.1, 0.15) is 6.10 Å². The molecule has 5 rings (SSSR count). The smallest absolute Gasteiger partial charge is 0.341 e.